The number of nitrogens with one attached hydrogen (secondary N) is 1. The number of rotatable bonds is 4. The molecule has 0 radical (unpaired) electrons. The molecule has 2 aromatic rings. The van der Waals surface area contributed by atoms with E-state index in [0.29, 0.717) is 23.9 Å². The zero-order valence-corrected chi connectivity index (χ0v) is 14.1. The van der Waals surface area contributed by atoms with E-state index in [0.717, 1.165) is 12.8 Å². The molecule has 1 aliphatic heterocycles. The number of likely N-dealkylation sites (tertiary alicyclic amines) is 1. The molecule has 0 unspecified atom stereocenters. The number of nitrogens with zero attached hydrogens (tertiary/aromatic N) is 4. The van der Waals surface area contributed by atoms with E-state index in [1.807, 2.05) is 0 Å². The van der Waals surface area contributed by atoms with Crippen LogP contribution in [0.1, 0.15) is 25.7 Å². The molecule has 0 bridgehead atoms. The van der Waals surface area contributed by atoms with Crippen LogP contribution in [0, 0.1) is 0 Å². The van der Waals surface area contributed by atoms with Gasteiger partial charge in [0.25, 0.3) is 5.56 Å². The van der Waals surface area contributed by atoms with Crippen LogP contribution in [0.5, 0.6) is 0 Å². The van der Waals surface area contributed by atoms with Crippen LogP contribution in [-0.4, -0.2) is 51.3 Å². The third kappa shape index (κ3) is 3.52. The molecule has 2 heterocycles. The average Bonchev–Trinajstić information content (AvgIpc) is 2.67. The van der Waals surface area contributed by atoms with Gasteiger partial charge in [0.2, 0.25) is 11.8 Å². The predicted octanol–water partition coefficient (Wildman–Crippen LogP) is 0.309. The summed E-state index contributed by atoms with van der Waals surface area (Å²) >= 11 is 0. The molecule has 1 aromatic heterocycles. The van der Waals surface area contributed by atoms with Gasteiger partial charge < -0.3 is 10.2 Å². The van der Waals surface area contributed by atoms with Crippen molar-refractivity contribution in [1.82, 2.24) is 25.2 Å². The fraction of sp³-hybridized carbons (Fsp3) is 0.471. The summed E-state index contributed by atoms with van der Waals surface area (Å²) in [5, 5.41) is 11.0. The Kier molecular flexibility index (Phi) is 5.06. The van der Waals surface area contributed by atoms with Crippen molar-refractivity contribution in [2.75, 3.05) is 13.6 Å². The molecule has 2 amide bonds. The lowest BCUT2D eigenvalue weighted by Gasteiger charge is -2.34. The van der Waals surface area contributed by atoms with Crippen molar-refractivity contribution in [2.24, 2.45) is 0 Å². The van der Waals surface area contributed by atoms with E-state index in [2.05, 4.69) is 15.6 Å². The van der Waals surface area contributed by atoms with Crippen LogP contribution in [-0.2, 0) is 16.1 Å². The monoisotopic (exact) mass is 343 g/mol. The summed E-state index contributed by atoms with van der Waals surface area (Å²) < 4.78 is 1.21. The molecule has 25 heavy (non-hydrogen) atoms. The maximum absolute atomic E-state index is 12.6. The number of hydrogen-bond acceptors (Lipinski definition) is 5. The Morgan fingerprint density at radius 1 is 1.28 bits per heavy atom. The molecule has 1 aromatic carbocycles. The number of aromatic nitrogens is 3. The Morgan fingerprint density at radius 2 is 2.08 bits per heavy atom. The highest BCUT2D eigenvalue weighted by molar-refractivity contribution is 5.87. The van der Waals surface area contributed by atoms with E-state index in [1.54, 1.807) is 36.2 Å². The van der Waals surface area contributed by atoms with Gasteiger partial charge in [-0.1, -0.05) is 17.3 Å². The number of aryl methyl sites for hydroxylation is 1. The molecule has 1 fully saturated rings. The van der Waals surface area contributed by atoms with Crippen LogP contribution in [0.2, 0.25) is 0 Å². The van der Waals surface area contributed by atoms with Gasteiger partial charge in [0.05, 0.1) is 11.9 Å². The lowest BCUT2D eigenvalue weighted by molar-refractivity contribution is -0.142. The Balaban J connectivity index is 1.72. The highest BCUT2D eigenvalue weighted by Crippen LogP contribution is 2.18. The molecule has 132 valence electrons. The van der Waals surface area contributed by atoms with Crippen molar-refractivity contribution in [3.05, 3.63) is 34.6 Å². The second-order valence-corrected chi connectivity index (χ2v) is 6.10. The smallest absolute Gasteiger partial charge is 0.277 e. The largest absolute Gasteiger partial charge is 0.357 e. The van der Waals surface area contributed by atoms with Crippen LogP contribution in [0.25, 0.3) is 10.9 Å². The van der Waals surface area contributed by atoms with Gasteiger partial charge in [-0.15, -0.1) is 5.10 Å². The summed E-state index contributed by atoms with van der Waals surface area (Å²) in [6.45, 7) is 0.710. The van der Waals surface area contributed by atoms with Gasteiger partial charge in [0.15, 0.2) is 0 Å². The van der Waals surface area contributed by atoms with Gasteiger partial charge >= 0.3 is 0 Å². The number of carbonyl (C=O) groups is 2. The van der Waals surface area contributed by atoms with Crippen LogP contribution >= 0.6 is 0 Å². The standard InChI is InChI=1S/C17H21N5O3/c1-18-16(24)14-8-4-5-10-21(14)15(23)9-11-22-17(25)12-6-2-3-7-13(12)19-20-22/h2-3,6-7,14H,4-5,8-11H2,1H3,(H,18,24)/t14-/m0/s1. The first-order valence-electron chi connectivity index (χ1n) is 8.45. The second kappa shape index (κ2) is 7.42. The summed E-state index contributed by atoms with van der Waals surface area (Å²) in [5.41, 5.74) is 0.269. The highest BCUT2D eigenvalue weighted by Gasteiger charge is 2.31. The van der Waals surface area contributed by atoms with Gasteiger partial charge in [-0.3, -0.25) is 14.4 Å². The average molecular weight is 343 g/mol. The van der Waals surface area contributed by atoms with E-state index < -0.39 is 6.04 Å². The summed E-state index contributed by atoms with van der Waals surface area (Å²) in [6.07, 6.45) is 2.59. The van der Waals surface area contributed by atoms with Gasteiger partial charge in [-0.2, -0.15) is 0 Å². The first-order chi connectivity index (χ1) is 12.1. The van der Waals surface area contributed by atoms with E-state index in [4.69, 9.17) is 0 Å². The number of benzene rings is 1. The topological polar surface area (TPSA) is 97.2 Å². The number of carbonyl (C=O) groups excluding carboxylic acids is 2. The molecule has 1 saturated heterocycles. The minimum absolute atomic E-state index is 0.112. The van der Waals surface area contributed by atoms with Crippen LogP contribution in [0.3, 0.4) is 0 Å². The molecule has 3 rings (SSSR count). The Hall–Kier alpha value is -2.77. The molecule has 8 nitrogen and oxygen atoms in total. The molecular formula is C17H21N5O3. The van der Waals surface area contributed by atoms with Gasteiger partial charge in [-0.25, -0.2) is 4.68 Å². The summed E-state index contributed by atoms with van der Waals surface area (Å²) in [6, 6.07) is 6.55. The van der Waals surface area contributed by atoms with Crippen LogP contribution in [0.15, 0.2) is 29.1 Å². The predicted molar refractivity (Wildman–Crippen MR) is 91.8 cm³/mol. The minimum Gasteiger partial charge on any atom is -0.357 e. The van der Waals surface area contributed by atoms with E-state index >= 15 is 0 Å². The highest BCUT2D eigenvalue weighted by atomic mass is 16.2. The quantitative estimate of drug-likeness (QED) is 0.862. The third-order valence-corrected chi connectivity index (χ3v) is 4.54. The lowest BCUT2D eigenvalue weighted by atomic mass is 10.0. The first kappa shape index (κ1) is 17.1. The van der Waals surface area contributed by atoms with Gasteiger partial charge in [0, 0.05) is 20.0 Å². The molecule has 8 heteroatoms. The van der Waals surface area contributed by atoms with Gasteiger partial charge in [-0.05, 0) is 31.4 Å². The van der Waals surface area contributed by atoms with E-state index in [1.165, 1.54) is 4.68 Å². The summed E-state index contributed by atoms with van der Waals surface area (Å²) in [5.74, 6) is -0.286. The molecule has 0 spiro atoms. The maximum atomic E-state index is 12.6. The molecule has 1 atom stereocenters. The SMILES string of the molecule is CNC(=O)[C@@H]1CCCCN1C(=O)CCn1nnc2ccccc2c1=O. The fourth-order valence-electron chi connectivity index (χ4n) is 3.18. The molecular weight excluding hydrogens is 322 g/mol. The van der Waals surface area contributed by atoms with Crippen LogP contribution in [0.4, 0.5) is 0 Å². The molecule has 0 saturated carbocycles. The minimum atomic E-state index is -0.425. The van der Waals surface area contributed by atoms with Crippen molar-refractivity contribution in [2.45, 2.75) is 38.3 Å². The molecule has 1 N–H and O–H groups in total. The van der Waals surface area contributed by atoms with E-state index in [-0.39, 0.29) is 30.3 Å². The van der Waals surface area contributed by atoms with E-state index in [9.17, 15) is 14.4 Å². The second-order valence-electron chi connectivity index (χ2n) is 6.10. The number of fused-ring (bicyclic) bond motifs is 1. The van der Waals surface area contributed by atoms with Crippen LogP contribution < -0.4 is 10.9 Å². The third-order valence-electron chi connectivity index (χ3n) is 4.54. The number of likely N-dealkylation sites (N-methyl/N-ethyl adjacent to an activating group) is 1. The molecule has 0 aliphatic carbocycles. The lowest BCUT2D eigenvalue weighted by Crippen LogP contribution is -2.51. The number of hydrogen-bond donors (Lipinski definition) is 1. The number of amides is 2. The Labute approximate surface area is 144 Å². The summed E-state index contributed by atoms with van der Waals surface area (Å²) in [4.78, 5) is 38.6. The van der Waals surface area contributed by atoms with Gasteiger partial charge in [0.1, 0.15) is 11.6 Å². The van der Waals surface area contributed by atoms with Crippen molar-refractivity contribution in [3.8, 4) is 0 Å². The first-order valence-corrected chi connectivity index (χ1v) is 8.45. The van der Waals surface area contributed by atoms with Crippen molar-refractivity contribution >= 4 is 22.7 Å². The Morgan fingerprint density at radius 3 is 2.88 bits per heavy atom. The van der Waals surface area contributed by atoms with Crippen molar-refractivity contribution in [1.29, 1.82) is 0 Å². The maximum Gasteiger partial charge on any atom is 0.277 e. The van der Waals surface area contributed by atoms with Crippen molar-refractivity contribution < 1.29 is 9.59 Å². The number of piperidine rings is 1. The normalized spacial score (nSPS) is 17.5. The molecule has 1 aliphatic rings. The fourth-order valence-corrected chi connectivity index (χ4v) is 3.18. The zero-order chi connectivity index (χ0) is 17.8. The van der Waals surface area contributed by atoms with Crippen molar-refractivity contribution in [3.63, 3.8) is 0 Å². The summed E-state index contributed by atoms with van der Waals surface area (Å²) in [7, 11) is 1.57. The Bertz CT molecular complexity index is 848. The zero-order valence-electron chi connectivity index (χ0n) is 14.1.